The monoisotopic (exact) mass is 203 g/mol. The number of fused-ring (bicyclic) bond motifs is 1. The quantitative estimate of drug-likeness (QED) is 0.735. The lowest BCUT2D eigenvalue weighted by Gasteiger charge is -2.07. The average Bonchev–Trinajstić information content (AvgIpc) is 2.56. The lowest BCUT2D eigenvalue weighted by molar-refractivity contribution is 0.511. The predicted molar refractivity (Wildman–Crippen MR) is 62.2 cm³/mol. The maximum atomic E-state index is 5.86. The number of hydrogen-bond donors (Lipinski definition) is 0. The van der Waals surface area contributed by atoms with E-state index in [2.05, 4.69) is 32.7 Å². The number of aromatic nitrogens is 1. The molecule has 0 saturated heterocycles. The molecule has 80 valence electrons. The maximum Gasteiger partial charge on any atom is 0.153 e. The molecule has 0 amide bonds. The van der Waals surface area contributed by atoms with Gasteiger partial charge in [0, 0.05) is 17.7 Å². The van der Waals surface area contributed by atoms with Crippen LogP contribution in [0.4, 0.5) is 0 Å². The van der Waals surface area contributed by atoms with Crippen molar-refractivity contribution in [2.24, 2.45) is 0 Å². The molecule has 0 N–H and O–H groups in total. The largest absolute Gasteiger partial charge is 0.459 e. The van der Waals surface area contributed by atoms with Crippen molar-refractivity contribution in [3.05, 3.63) is 29.7 Å². The van der Waals surface area contributed by atoms with Gasteiger partial charge in [0.1, 0.15) is 11.3 Å². The molecule has 0 atom stereocenters. The molecule has 2 aromatic heterocycles. The second-order valence-electron chi connectivity index (χ2n) is 4.54. The highest BCUT2D eigenvalue weighted by Gasteiger charge is 2.19. The van der Waals surface area contributed by atoms with Crippen molar-refractivity contribution in [2.45, 2.75) is 39.5 Å². The van der Waals surface area contributed by atoms with E-state index in [1.807, 2.05) is 18.3 Å². The molecule has 0 aromatic carbocycles. The third kappa shape index (κ3) is 1.65. The summed E-state index contributed by atoms with van der Waals surface area (Å²) >= 11 is 0. The number of nitrogens with zero attached hydrogens (tertiary/aromatic N) is 1. The van der Waals surface area contributed by atoms with Crippen molar-refractivity contribution in [1.29, 1.82) is 0 Å². The van der Waals surface area contributed by atoms with E-state index in [0.717, 1.165) is 16.9 Å². The minimum Gasteiger partial charge on any atom is -0.459 e. The minimum atomic E-state index is 0.414. The van der Waals surface area contributed by atoms with Gasteiger partial charge in [-0.2, -0.15) is 0 Å². The molecule has 0 unspecified atom stereocenters. The molecule has 2 nitrogen and oxygen atoms in total. The van der Waals surface area contributed by atoms with Crippen LogP contribution in [0.3, 0.4) is 0 Å². The van der Waals surface area contributed by atoms with E-state index in [1.165, 1.54) is 5.56 Å². The molecule has 0 aliphatic heterocycles. The van der Waals surface area contributed by atoms with Crippen LogP contribution in [0.25, 0.3) is 11.1 Å². The standard InChI is InChI=1S/C13H17NO/c1-8(2)11-12-10(6-5-7-14-12)15-13(11)9(3)4/h5-9H,1-4H3. The van der Waals surface area contributed by atoms with Crippen molar-refractivity contribution in [2.75, 3.05) is 0 Å². The number of furan rings is 1. The molecule has 0 bridgehead atoms. The van der Waals surface area contributed by atoms with Gasteiger partial charge in [-0.25, -0.2) is 0 Å². The molecule has 0 saturated carbocycles. The Morgan fingerprint density at radius 3 is 2.47 bits per heavy atom. The Hall–Kier alpha value is -1.31. The summed E-state index contributed by atoms with van der Waals surface area (Å²) in [6.45, 7) is 8.68. The molecule has 0 aliphatic rings. The first-order valence-corrected chi connectivity index (χ1v) is 5.48. The van der Waals surface area contributed by atoms with Gasteiger partial charge in [0.2, 0.25) is 0 Å². The summed E-state index contributed by atoms with van der Waals surface area (Å²) in [6, 6.07) is 3.90. The fourth-order valence-electron chi connectivity index (χ4n) is 1.95. The summed E-state index contributed by atoms with van der Waals surface area (Å²) in [5, 5.41) is 0. The molecule has 2 heteroatoms. The lowest BCUT2D eigenvalue weighted by Crippen LogP contribution is -1.94. The lowest BCUT2D eigenvalue weighted by atomic mass is 9.97. The zero-order valence-corrected chi connectivity index (χ0v) is 9.74. The number of rotatable bonds is 2. The molecular weight excluding hydrogens is 186 g/mol. The molecule has 2 heterocycles. The number of pyridine rings is 1. The van der Waals surface area contributed by atoms with Crippen LogP contribution in [0.2, 0.25) is 0 Å². The Labute approximate surface area is 90.3 Å². The van der Waals surface area contributed by atoms with Crippen LogP contribution in [0.5, 0.6) is 0 Å². The smallest absolute Gasteiger partial charge is 0.153 e. The van der Waals surface area contributed by atoms with E-state index >= 15 is 0 Å². The van der Waals surface area contributed by atoms with E-state index < -0.39 is 0 Å². The first-order chi connectivity index (χ1) is 7.11. The van der Waals surface area contributed by atoms with Crippen LogP contribution in [-0.2, 0) is 0 Å². The van der Waals surface area contributed by atoms with E-state index in [9.17, 15) is 0 Å². The van der Waals surface area contributed by atoms with Crippen molar-refractivity contribution in [3.8, 4) is 0 Å². The van der Waals surface area contributed by atoms with Gasteiger partial charge < -0.3 is 4.42 Å². The highest BCUT2D eigenvalue weighted by Crippen LogP contribution is 2.34. The van der Waals surface area contributed by atoms with Crippen molar-refractivity contribution in [3.63, 3.8) is 0 Å². The Bertz CT molecular complexity index is 468. The molecule has 0 radical (unpaired) electrons. The number of hydrogen-bond acceptors (Lipinski definition) is 2. The van der Waals surface area contributed by atoms with Gasteiger partial charge >= 0.3 is 0 Å². The molecule has 2 aromatic rings. The zero-order chi connectivity index (χ0) is 11.0. The normalized spacial score (nSPS) is 11.9. The summed E-state index contributed by atoms with van der Waals surface area (Å²) in [7, 11) is 0. The van der Waals surface area contributed by atoms with Crippen LogP contribution >= 0.6 is 0 Å². The van der Waals surface area contributed by atoms with Crippen LogP contribution < -0.4 is 0 Å². The SMILES string of the molecule is CC(C)c1oc2cccnc2c1C(C)C. The first kappa shape index (κ1) is 10.2. The molecule has 15 heavy (non-hydrogen) atoms. The molecule has 0 aliphatic carbocycles. The van der Waals surface area contributed by atoms with Crippen molar-refractivity contribution >= 4 is 11.1 Å². The molecule has 0 spiro atoms. The van der Waals surface area contributed by atoms with E-state index in [1.54, 1.807) is 0 Å². The van der Waals surface area contributed by atoms with Gasteiger partial charge in [0.05, 0.1) is 0 Å². The summed E-state index contributed by atoms with van der Waals surface area (Å²) in [4.78, 5) is 4.41. The Kier molecular flexibility index (Phi) is 2.51. The highest BCUT2D eigenvalue weighted by molar-refractivity contribution is 5.78. The van der Waals surface area contributed by atoms with Gasteiger partial charge in [-0.3, -0.25) is 4.98 Å². The summed E-state index contributed by atoms with van der Waals surface area (Å²) in [6.07, 6.45) is 1.83. The molecular formula is C13H17NO. The van der Waals surface area contributed by atoms with Gasteiger partial charge in [0.15, 0.2) is 5.58 Å². The van der Waals surface area contributed by atoms with Crippen LogP contribution in [0, 0.1) is 0 Å². The molecule has 0 fully saturated rings. The fraction of sp³-hybridized carbons (Fsp3) is 0.462. The van der Waals surface area contributed by atoms with Crippen LogP contribution in [-0.4, -0.2) is 4.98 Å². The third-order valence-electron chi connectivity index (χ3n) is 2.61. The summed E-state index contributed by atoms with van der Waals surface area (Å²) in [5.41, 5.74) is 3.20. The van der Waals surface area contributed by atoms with E-state index in [0.29, 0.717) is 11.8 Å². The first-order valence-electron chi connectivity index (χ1n) is 5.48. The van der Waals surface area contributed by atoms with E-state index in [-0.39, 0.29) is 0 Å². The van der Waals surface area contributed by atoms with Gasteiger partial charge in [-0.05, 0) is 18.1 Å². The summed E-state index contributed by atoms with van der Waals surface area (Å²) < 4.78 is 5.86. The highest BCUT2D eigenvalue weighted by atomic mass is 16.3. The van der Waals surface area contributed by atoms with Gasteiger partial charge in [-0.1, -0.05) is 27.7 Å². The predicted octanol–water partition coefficient (Wildman–Crippen LogP) is 4.07. The Balaban J connectivity index is 2.75. The average molecular weight is 203 g/mol. The van der Waals surface area contributed by atoms with Gasteiger partial charge in [-0.15, -0.1) is 0 Å². The second kappa shape index (κ2) is 3.69. The Morgan fingerprint density at radius 1 is 1.13 bits per heavy atom. The van der Waals surface area contributed by atoms with Crippen molar-refractivity contribution in [1.82, 2.24) is 4.98 Å². The van der Waals surface area contributed by atoms with Crippen LogP contribution in [0.1, 0.15) is 50.9 Å². The van der Waals surface area contributed by atoms with Crippen molar-refractivity contribution < 1.29 is 4.42 Å². The Morgan fingerprint density at radius 2 is 1.87 bits per heavy atom. The van der Waals surface area contributed by atoms with E-state index in [4.69, 9.17) is 4.42 Å². The zero-order valence-electron chi connectivity index (χ0n) is 9.74. The maximum absolute atomic E-state index is 5.86. The molecule has 2 rings (SSSR count). The summed E-state index contributed by atoms with van der Waals surface area (Å²) in [5.74, 6) is 1.95. The third-order valence-corrected chi connectivity index (χ3v) is 2.61. The van der Waals surface area contributed by atoms with Gasteiger partial charge in [0.25, 0.3) is 0 Å². The van der Waals surface area contributed by atoms with Crippen LogP contribution in [0.15, 0.2) is 22.7 Å². The second-order valence-corrected chi connectivity index (χ2v) is 4.54. The minimum absolute atomic E-state index is 0.414. The fourth-order valence-corrected chi connectivity index (χ4v) is 1.95. The topological polar surface area (TPSA) is 26.0 Å².